The molecule has 5 rings (SSSR count). The van der Waals surface area contributed by atoms with Crippen LogP contribution in [0.3, 0.4) is 0 Å². The molecule has 0 unspecified atom stereocenters. The highest BCUT2D eigenvalue weighted by Gasteiger charge is 2.17. The molecule has 0 fully saturated rings. The molecule has 160 valence electrons. The first-order valence-corrected chi connectivity index (χ1v) is 10.8. The van der Waals surface area contributed by atoms with Gasteiger partial charge in [-0.05, 0) is 41.3 Å². The van der Waals surface area contributed by atoms with E-state index in [1.54, 1.807) is 0 Å². The average molecular weight is 425 g/mol. The van der Waals surface area contributed by atoms with Gasteiger partial charge in [0.15, 0.2) is 5.82 Å². The van der Waals surface area contributed by atoms with Gasteiger partial charge in [-0.2, -0.15) is 4.98 Å². The zero-order chi connectivity index (χ0) is 21.9. The van der Waals surface area contributed by atoms with Gasteiger partial charge in [-0.1, -0.05) is 65.8 Å². The molecule has 3 aromatic carbocycles. The highest BCUT2D eigenvalue weighted by atomic mass is 16.5. The van der Waals surface area contributed by atoms with Crippen LogP contribution in [0.1, 0.15) is 30.7 Å². The number of carboxylic acid groups (broad SMARTS) is 1. The van der Waals surface area contributed by atoms with Crippen molar-refractivity contribution in [2.24, 2.45) is 0 Å². The van der Waals surface area contributed by atoms with Crippen molar-refractivity contribution >= 4 is 27.6 Å². The number of carboxylic acids is 1. The summed E-state index contributed by atoms with van der Waals surface area (Å²) in [5.41, 5.74) is 3.07. The van der Waals surface area contributed by atoms with Crippen molar-refractivity contribution in [1.29, 1.82) is 0 Å². The van der Waals surface area contributed by atoms with Crippen molar-refractivity contribution in [3.63, 3.8) is 0 Å². The summed E-state index contributed by atoms with van der Waals surface area (Å²) in [5.74, 6) is 0.353. The molecule has 5 aromatic rings. The van der Waals surface area contributed by atoms with Gasteiger partial charge in [-0.15, -0.1) is 0 Å². The van der Waals surface area contributed by atoms with Crippen LogP contribution in [0.5, 0.6) is 0 Å². The summed E-state index contributed by atoms with van der Waals surface area (Å²) < 4.78 is 7.79. The molecule has 2 heterocycles. The lowest BCUT2D eigenvalue weighted by molar-refractivity contribution is -0.137. The summed E-state index contributed by atoms with van der Waals surface area (Å²) in [5, 5.41) is 16.6. The summed E-state index contributed by atoms with van der Waals surface area (Å²) in [7, 11) is 0. The number of hydrogen-bond donors (Lipinski definition) is 1. The van der Waals surface area contributed by atoms with Crippen LogP contribution in [0.15, 0.2) is 77.3 Å². The quantitative estimate of drug-likeness (QED) is 0.323. The van der Waals surface area contributed by atoms with Crippen molar-refractivity contribution in [1.82, 2.24) is 14.7 Å². The van der Waals surface area contributed by atoms with Gasteiger partial charge in [-0.3, -0.25) is 4.79 Å². The lowest BCUT2D eigenvalue weighted by Gasteiger charge is -2.08. The molecule has 0 aliphatic carbocycles. The van der Waals surface area contributed by atoms with Gasteiger partial charge < -0.3 is 14.2 Å². The third-order valence-corrected chi connectivity index (χ3v) is 5.70. The van der Waals surface area contributed by atoms with Crippen LogP contribution in [0.25, 0.3) is 33.3 Å². The molecule has 6 nitrogen and oxygen atoms in total. The van der Waals surface area contributed by atoms with E-state index in [0.29, 0.717) is 31.1 Å². The van der Waals surface area contributed by atoms with Crippen molar-refractivity contribution in [2.45, 2.75) is 32.2 Å². The molecule has 6 heteroatoms. The third-order valence-electron chi connectivity index (χ3n) is 5.70. The lowest BCUT2D eigenvalue weighted by Crippen LogP contribution is -2.02. The van der Waals surface area contributed by atoms with Gasteiger partial charge in [-0.25, -0.2) is 0 Å². The molecule has 2 aromatic heterocycles. The number of unbranched alkanes of at least 4 members (excludes halogenated alkanes) is 1. The van der Waals surface area contributed by atoms with E-state index in [9.17, 15) is 4.79 Å². The molecular weight excluding hydrogens is 402 g/mol. The van der Waals surface area contributed by atoms with Crippen LogP contribution in [0.4, 0.5) is 0 Å². The van der Waals surface area contributed by atoms with Gasteiger partial charge >= 0.3 is 5.97 Å². The molecule has 0 spiro atoms. The Balaban J connectivity index is 1.41. The molecule has 0 atom stereocenters. The maximum atomic E-state index is 10.8. The number of nitrogens with zero attached hydrogens (tertiary/aromatic N) is 3. The summed E-state index contributed by atoms with van der Waals surface area (Å²) in [6.45, 7) is 0.693. The number of fused-ring (bicyclic) bond motifs is 2. The van der Waals surface area contributed by atoms with Crippen molar-refractivity contribution in [3.05, 3.63) is 84.2 Å². The van der Waals surface area contributed by atoms with E-state index < -0.39 is 5.97 Å². The summed E-state index contributed by atoms with van der Waals surface area (Å²) in [4.78, 5) is 15.5. The Kier molecular flexibility index (Phi) is 5.42. The lowest BCUT2D eigenvalue weighted by atomic mass is 10.1. The Hall–Kier alpha value is -3.93. The van der Waals surface area contributed by atoms with Gasteiger partial charge in [0.1, 0.15) is 5.69 Å². The smallest absolute Gasteiger partial charge is 0.303 e. The van der Waals surface area contributed by atoms with E-state index in [-0.39, 0.29) is 6.42 Å². The molecule has 0 radical (unpaired) electrons. The fraction of sp³-hybridized carbons (Fsp3) is 0.192. The van der Waals surface area contributed by atoms with Crippen LogP contribution in [0, 0.1) is 0 Å². The first-order valence-electron chi connectivity index (χ1n) is 10.8. The van der Waals surface area contributed by atoms with Crippen molar-refractivity contribution < 1.29 is 14.4 Å². The fourth-order valence-corrected chi connectivity index (χ4v) is 4.14. The normalized spacial score (nSPS) is 11.4. The Morgan fingerprint density at radius 2 is 1.69 bits per heavy atom. The third kappa shape index (κ3) is 4.12. The molecule has 0 amide bonds. The Labute approximate surface area is 185 Å². The van der Waals surface area contributed by atoms with Gasteiger partial charge in [0.25, 0.3) is 5.89 Å². The molecular formula is C26H23N3O3. The monoisotopic (exact) mass is 425 g/mol. The predicted molar refractivity (Wildman–Crippen MR) is 123 cm³/mol. The van der Waals surface area contributed by atoms with Crippen LogP contribution >= 0.6 is 0 Å². The van der Waals surface area contributed by atoms with E-state index in [1.165, 1.54) is 10.8 Å². The van der Waals surface area contributed by atoms with E-state index in [0.717, 1.165) is 28.6 Å². The molecule has 1 N–H and O–H groups in total. The maximum absolute atomic E-state index is 10.8. The van der Waals surface area contributed by atoms with E-state index >= 15 is 0 Å². The number of para-hydroxylation sites is 1. The minimum atomic E-state index is -0.766. The van der Waals surface area contributed by atoms with E-state index in [1.807, 2.05) is 24.3 Å². The summed E-state index contributed by atoms with van der Waals surface area (Å²) in [6, 6.07) is 24.8. The highest BCUT2D eigenvalue weighted by Crippen LogP contribution is 2.28. The standard InChI is InChI=1S/C26H23N3O3/c30-25(31)11-5-6-14-29-22-10-4-3-9-21(22)17-23(29)26-27-24(28-32-26)16-18-12-13-19-7-1-2-8-20(19)15-18/h1-4,7-10,12-13,15,17H,5-6,11,14,16H2,(H,30,31). The molecule has 0 saturated heterocycles. The zero-order valence-electron chi connectivity index (χ0n) is 17.6. The average Bonchev–Trinajstić information content (AvgIpc) is 3.41. The van der Waals surface area contributed by atoms with Gasteiger partial charge in [0, 0.05) is 30.3 Å². The number of benzene rings is 3. The van der Waals surface area contributed by atoms with E-state index in [4.69, 9.17) is 9.63 Å². The second-order valence-electron chi connectivity index (χ2n) is 7.96. The Morgan fingerprint density at radius 1 is 0.906 bits per heavy atom. The molecule has 0 aliphatic rings. The fourth-order valence-electron chi connectivity index (χ4n) is 4.14. The number of carbonyl (C=O) groups is 1. The molecule has 0 bridgehead atoms. The van der Waals surface area contributed by atoms with Gasteiger partial charge in [0.2, 0.25) is 0 Å². The number of hydrogen-bond acceptors (Lipinski definition) is 4. The first kappa shape index (κ1) is 20.0. The largest absolute Gasteiger partial charge is 0.481 e. The topological polar surface area (TPSA) is 81.1 Å². The second-order valence-corrected chi connectivity index (χ2v) is 7.96. The predicted octanol–water partition coefficient (Wildman–Crippen LogP) is 5.69. The Morgan fingerprint density at radius 3 is 2.53 bits per heavy atom. The van der Waals surface area contributed by atoms with Gasteiger partial charge in [0.05, 0.1) is 0 Å². The number of rotatable bonds is 8. The number of aromatic nitrogens is 3. The summed E-state index contributed by atoms with van der Waals surface area (Å²) in [6.07, 6.45) is 2.15. The molecule has 32 heavy (non-hydrogen) atoms. The first-order chi connectivity index (χ1) is 15.7. The number of aliphatic carboxylic acids is 1. The van der Waals surface area contributed by atoms with Crippen LogP contribution < -0.4 is 0 Å². The summed E-state index contributed by atoms with van der Waals surface area (Å²) >= 11 is 0. The Bertz CT molecular complexity index is 1400. The highest BCUT2D eigenvalue weighted by molar-refractivity contribution is 5.86. The molecule has 0 saturated carbocycles. The second kappa shape index (κ2) is 8.67. The number of aryl methyl sites for hydroxylation is 1. The minimum Gasteiger partial charge on any atom is -0.481 e. The minimum absolute atomic E-state index is 0.172. The van der Waals surface area contributed by atoms with E-state index in [2.05, 4.69) is 63.2 Å². The SMILES string of the molecule is O=C(O)CCCCn1c(-c2nc(Cc3ccc4ccccc4c3)no2)cc2ccccc21. The molecule has 0 aliphatic heterocycles. The zero-order valence-corrected chi connectivity index (χ0v) is 17.6. The van der Waals surface area contributed by atoms with Crippen LogP contribution in [-0.2, 0) is 17.8 Å². The van der Waals surface area contributed by atoms with Crippen LogP contribution in [0.2, 0.25) is 0 Å². The van der Waals surface area contributed by atoms with Crippen LogP contribution in [-0.4, -0.2) is 25.8 Å². The van der Waals surface area contributed by atoms with Crippen molar-refractivity contribution in [3.8, 4) is 11.6 Å². The van der Waals surface area contributed by atoms with Crippen molar-refractivity contribution in [2.75, 3.05) is 0 Å². The maximum Gasteiger partial charge on any atom is 0.303 e.